The number of thiophene rings is 1. The third kappa shape index (κ3) is 2.73. The molecule has 3 heterocycles. The van der Waals surface area contributed by atoms with Crippen LogP contribution >= 0.6 is 11.3 Å². The number of anilines is 3. The van der Waals surface area contributed by atoms with Gasteiger partial charge in [-0.3, -0.25) is 5.01 Å². The molecule has 0 spiro atoms. The highest BCUT2D eigenvalue weighted by molar-refractivity contribution is 7.16. The largest absolute Gasteiger partial charge is 0.379 e. The maximum atomic E-state index is 3.62. The highest BCUT2D eigenvalue weighted by atomic mass is 32.1. The van der Waals surface area contributed by atoms with E-state index >= 15 is 0 Å². The normalized spacial score (nSPS) is 19.0. The van der Waals surface area contributed by atoms with Gasteiger partial charge in [0.2, 0.25) is 0 Å². The van der Waals surface area contributed by atoms with Gasteiger partial charge in [0, 0.05) is 43.2 Å². The molecule has 1 fully saturated rings. The van der Waals surface area contributed by atoms with Crippen LogP contribution in [-0.4, -0.2) is 43.1 Å². The van der Waals surface area contributed by atoms with Crippen molar-refractivity contribution in [3.05, 3.63) is 40.8 Å². The number of rotatable bonds is 2. The highest BCUT2D eigenvalue weighted by Crippen LogP contribution is 2.43. The van der Waals surface area contributed by atoms with Crippen LogP contribution in [0.5, 0.6) is 0 Å². The number of hydrogen-bond donors (Lipinski definition) is 1. The van der Waals surface area contributed by atoms with E-state index in [0.717, 1.165) is 39.1 Å². The van der Waals surface area contributed by atoms with Crippen LogP contribution in [0.15, 0.2) is 30.3 Å². The van der Waals surface area contributed by atoms with E-state index in [1.807, 2.05) is 11.3 Å². The third-order valence-electron chi connectivity index (χ3n) is 4.74. The van der Waals surface area contributed by atoms with Crippen molar-refractivity contribution in [2.45, 2.75) is 19.9 Å². The summed E-state index contributed by atoms with van der Waals surface area (Å²) in [4.78, 5) is 3.88. The number of fused-ring (bicyclic) bond motifs is 2. The van der Waals surface area contributed by atoms with Gasteiger partial charge in [-0.1, -0.05) is 19.1 Å². The molecule has 4 rings (SSSR count). The van der Waals surface area contributed by atoms with Crippen molar-refractivity contribution >= 4 is 27.7 Å². The second-order valence-corrected chi connectivity index (χ2v) is 7.45. The summed E-state index contributed by atoms with van der Waals surface area (Å²) in [5, 5.41) is 10.0. The van der Waals surface area contributed by atoms with Crippen molar-refractivity contribution < 1.29 is 0 Å². The number of nitrogens with zero attached hydrogens (tertiary/aromatic N) is 3. The van der Waals surface area contributed by atoms with Gasteiger partial charge in [-0.2, -0.15) is 0 Å². The molecular formula is C18H24N4S. The first kappa shape index (κ1) is 15.0. The van der Waals surface area contributed by atoms with Gasteiger partial charge in [-0.05, 0) is 31.7 Å². The minimum absolute atomic E-state index is 0.910. The third-order valence-corrected chi connectivity index (χ3v) is 6.04. The van der Waals surface area contributed by atoms with Gasteiger partial charge in [0.05, 0.1) is 11.4 Å². The fourth-order valence-electron chi connectivity index (χ4n) is 3.34. The molecule has 1 aromatic carbocycles. The second kappa shape index (κ2) is 6.15. The Labute approximate surface area is 142 Å². The van der Waals surface area contributed by atoms with Crippen LogP contribution in [0.25, 0.3) is 0 Å². The van der Waals surface area contributed by atoms with Crippen LogP contribution < -0.4 is 10.3 Å². The molecule has 0 radical (unpaired) electrons. The quantitative estimate of drug-likeness (QED) is 0.910. The molecule has 1 N–H and O–H groups in total. The lowest BCUT2D eigenvalue weighted by molar-refractivity contribution is 0.155. The maximum absolute atomic E-state index is 3.62. The van der Waals surface area contributed by atoms with E-state index in [2.05, 4.69) is 64.5 Å². The van der Waals surface area contributed by atoms with Crippen LogP contribution in [0.1, 0.15) is 17.4 Å². The molecule has 0 amide bonds. The SMILES string of the molecule is CCc1cc2c(s1)N(N1CCN(C)CC1)c1ccccc1NC2. The zero-order valence-corrected chi connectivity index (χ0v) is 14.7. The Hall–Kier alpha value is -1.56. The highest BCUT2D eigenvalue weighted by Gasteiger charge is 2.29. The standard InChI is InChI=1S/C18H24N4S/c1-3-15-12-14-13-19-16-6-4-5-7-17(16)22(18(14)23-15)21-10-8-20(2)9-11-21/h4-7,12,19H,3,8-11,13H2,1-2H3. The maximum Gasteiger partial charge on any atom is 0.116 e. The van der Waals surface area contributed by atoms with Crippen LogP contribution in [0.3, 0.4) is 0 Å². The van der Waals surface area contributed by atoms with Crippen molar-refractivity contribution in [2.24, 2.45) is 0 Å². The minimum atomic E-state index is 0.910. The molecule has 1 saturated heterocycles. The number of piperazine rings is 1. The van der Waals surface area contributed by atoms with E-state index in [-0.39, 0.29) is 0 Å². The molecule has 2 aliphatic heterocycles. The van der Waals surface area contributed by atoms with E-state index in [4.69, 9.17) is 0 Å². The van der Waals surface area contributed by atoms with Crippen molar-refractivity contribution in [1.29, 1.82) is 0 Å². The molecule has 0 aliphatic carbocycles. The van der Waals surface area contributed by atoms with E-state index in [1.165, 1.54) is 26.8 Å². The van der Waals surface area contributed by atoms with Crippen LogP contribution in [0, 0.1) is 0 Å². The Kier molecular flexibility index (Phi) is 4.01. The molecule has 0 unspecified atom stereocenters. The number of para-hydroxylation sites is 2. The molecule has 1 aromatic heterocycles. The van der Waals surface area contributed by atoms with Gasteiger partial charge >= 0.3 is 0 Å². The summed E-state index contributed by atoms with van der Waals surface area (Å²) in [7, 11) is 2.21. The average molecular weight is 328 g/mol. The smallest absolute Gasteiger partial charge is 0.116 e. The Bertz CT molecular complexity index is 688. The second-order valence-electron chi connectivity index (χ2n) is 6.34. The molecule has 122 valence electrons. The van der Waals surface area contributed by atoms with Crippen molar-refractivity contribution in [3.8, 4) is 0 Å². The first-order chi connectivity index (χ1) is 11.3. The lowest BCUT2D eigenvalue weighted by Crippen LogP contribution is -2.51. The van der Waals surface area contributed by atoms with Gasteiger partial charge in [0.25, 0.3) is 0 Å². The summed E-state index contributed by atoms with van der Waals surface area (Å²) < 4.78 is 0. The van der Waals surface area contributed by atoms with Gasteiger partial charge < -0.3 is 10.2 Å². The number of likely N-dealkylation sites (N-methyl/N-ethyl adjacent to an activating group) is 1. The summed E-state index contributed by atoms with van der Waals surface area (Å²) in [6, 6.07) is 11.1. The van der Waals surface area contributed by atoms with Gasteiger partial charge in [0.1, 0.15) is 5.00 Å². The molecule has 2 aromatic rings. The van der Waals surface area contributed by atoms with Gasteiger partial charge in [-0.25, -0.2) is 5.01 Å². The fraction of sp³-hybridized carbons (Fsp3) is 0.444. The topological polar surface area (TPSA) is 21.8 Å². The Balaban J connectivity index is 1.79. The van der Waals surface area contributed by atoms with E-state index in [0.29, 0.717) is 0 Å². The summed E-state index contributed by atoms with van der Waals surface area (Å²) in [5.74, 6) is 0. The van der Waals surface area contributed by atoms with Crippen LogP contribution in [0.2, 0.25) is 0 Å². The van der Waals surface area contributed by atoms with Gasteiger partial charge in [0.15, 0.2) is 0 Å². The predicted octanol–water partition coefficient (Wildman–Crippen LogP) is 3.54. The monoisotopic (exact) mass is 328 g/mol. The van der Waals surface area contributed by atoms with E-state index in [9.17, 15) is 0 Å². The molecule has 4 nitrogen and oxygen atoms in total. The average Bonchev–Trinajstić information content (AvgIpc) is 2.92. The Morgan fingerprint density at radius 1 is 1.13 bits per heavy atom. The molecular weight excluding hydrogens is 304 g/mol. The van der Waals surface area contributed by atoms with E-state index in [1.54, 1.807) is 0 Å². The number of aryl methyl sites for hydroxylation is 1. The number of hydrazine groups is 1. The number of hydrogen-bond acceptors (Lipinski definition) is 5. The van der Waals surface area contributed by atoms with Crippen LogP contribution in [-0.2, 0) is 13.0 Å². The Morgan fingerprint density at radius 2 is 1.91 bits per heavy atom. The molecule has 0 bridgehead atoms. The first-order valence-corrected chi connectivity index (χ1v) is 9.26. The molecule has 2 aliphatic rings. The number of benzene rings is 1. The molecule has 5 heteroatoms. The van der Waals surface area contributed by atoms with Crippen molar-refractivity contribution in [1.82, 2.24) is 9.91 Å². The fourth-order valence-corrected chi connectivity index (χ4v) is 4.50. The first-order valence-electron chi connectivity index (χ1n) is 8.44. The van der Waals surface area contributed by atoms with E-state index < -0.39 is 0 Å². The Morgan fingerprint density at radius 3 is 2.70 bits per heavy atom. The summed E-state index contributed by atoms with van der Waals surface area (Å²) in [6.45, 7) is 7.54. The minimum Gasteiger partial charge on any atom is -0.379 e. The van der Waals surface area contributed by atoms with Crippen LogP contribution in [0.4, 0.5) is 16.4 Å². The summed E-state index contributed by atoms with van der Waals surface area (Å²) in [5.41, 5.74) is 3.93. The summed E-state index contributed by atoms with van der Waals surface area (Å²) >= 11 is 1.95. The molecule has 23 heavy (non-hydrogen) atoms. The molecule has 0 saturated carbocycles. The number of nitrogens with one attached hydrogen (secondary N) is 1. The zero-order chi connectivity index (χ0) is 15.8. The van der Waals surface area contributed by atoms with Crippen molar-refractivity contribution in [3.63, 3.8) is 0 Å². The lowest BCUT2D eigenvalue weighted by atomic mass is 10.2. The predicted molar refractivity (Wildman–Crippen MR) is 98.7 cm³/mol. The van der Waals surface area contributed by atoms with Crippen molar-refractivity contribution in [2.75, 3.05) is 43.6 Å². The lowest BCUT2D eigenvalue weighted by Gasteiger charge is -2.40. The summed E-state index contributed by atoms with van der Waals surface area (Å²) in [6.07, 6.45) is 1.11. The molecule has 0 atom stereocenters. The van der Waals surface area contributed by atoms with Gasteiger partial charge in [-0.15, -0.1) is 11.3 Å². The zero-order valence-electron chi connectivity index (χ0n) is 13.9.